The molecule has 0 radical (unpaired) electrons. The third-order valence-electron chi connectivity index (χ3n) is 2.29. The standard InChI is InChI=1S/C10H8Cl2N4O2/c11-6-3-8(12)10(9(4-6)16(17)18)15-2-1-7(5-13)14-15/h1-4H,5,13H2. The monoisotopic (exact) mass is 286 g/mol. The van der Waals surface area contributed by atoms with Crippen molar-refractivity contribution >= 4 is 28.9 Å². The number of nitro groups is 1. The third-order valence-corrected chi connectivity index (χ3v) is 2.79. The summed E-state index contributed by atoms with van der Waals surface area (Å²) < 4.78 is 1.32. The van der Waals surface area contributed by atoms with Crippen molar-refractivity contribution in [3.05, 3.63) is 50.2 Å². The largest absolute Gasteiger partial charge is 0.325 e. The van der Waals surface area contributed by atoms with E-state index < -0.39 is 4.92 Å². The molecule has 0 saturated heterocycles. The van der Waals surface area contributed by atoms with E-state index in [0.717, 1.165) is 0 Å². The van der Waals surface area contributed by atoms with E-state index in [1.807, 2.05) is 0 Å². The molecule has 2 N–H and O–H groups in total. The summed E-state index contributed by atoms with van der Waals surface area (Å²) in [6.07, 6.45) is 1.56. The lowest BCUT2D eigenvalue weighted by atomic mass is 10.2. The molecule has 0 aliphatic rings. The normalized spacial score (nSPS) is 10.6. The molecule has 0 unspecified atom stereocenters. The van der Waals surface area contributed by atoms with Gasteiger partial charge in [0, 0.05) is 23.8 Å². The summed E-state index contributed by atoms with van der Waals surface area (Å²) in [6, 6.07) is 4.32. The quantitative estimate of drug-likeness (QED) is 0.694. The number of nitrogens with two attached hydrogens (primary N) is 1. The number of nitrogens with zero attached hydrogens (tertiary/aromatic N) is 3. The van der Waals surface area contributed by atoms with Crippen LogP contribution in [0.15, 0.2) is 24.4 Å². The zero-order valence-corrected chi connectivity index (χ0v) is 10.5. The molecule has 0 amide bonds. The Labute approximate surface area is 112 Å². The predicted octanol–water partition coefficient (Wildman–Crippen LogP) is 2.55. The lowest BCUT2D eigenvalue weighted by molar-refractivity contribution is -0.384. The molecule has 94 valence electrons. The van der Waals surface area contributed by atoms with Crippen LogP contribution in [-0.2, 0) is 6.54 Å². The highest BCUT2D eigenvalue weighted by atomic mass is 35.5. The molecule has 8 heteroatoms. The van der Waals surface area contributed by atoms with Crippen LogP contribution in [-0.4, -0.2) is 14.7 Å². The van der Waals surface area contributed by atoms with Crippen LogP contribution < -0.4 is 5.73 Å². The minimum atomic E-state index is -0.559. The van der Waals surface area contributed by atoms with Crippen molar-refractivity contribution in [1.29, 1.82) is 0 Å². The van der Waals surface area contributed by atoms with Gasteiger partial charge in [0.05, 0.1) is 15.6 Å². The van der Waals surface area contributed by atoms with Crippen LogP contribution in [0.5, 0.6) is 0 Å². The highest BCUT2D eigenvalue weighted by Crippen LogP contribution is 2.33. The molecule has 1 aromatic carbocycles. The molecule has 0 atom stereocenters. The molecule has 1 heterocycles. The third kappa shape index (κ3) is 2.31. The Kier molecular flexibility index (Phi) is 3.51. The number of hydrogen-bond acceptors (Lipinski definition) is 4. The number of hydrogen-bond donors (Lipinski definition) is 1. The van der Waals surface area contributed by atoms with Crippen molar-refractivity contribution in [2.45, 2.75) is 6.54 Å². The SMILES string of the molecule is NCc1ccn(-c2c(Cl)cc(Cl)cc2[N+](=O)[O-])n1. The first-order chi connectivity index (χ1) is 8.52. The molecule has 0 spiro atoms. The second-order valence-electron chi connectivity index (χ2n) is 3.47. The Balaban J connectivity index is 2.65. The summed E-state index contributed by atoms with van der Waals surface area (Å²) in [6.45, 7) is 0.242. The molecular weight excluding hydrogens is 279 g/mol. The molecule has 0 fully saturated rings. The van der Waals surface area contributed by atoms with E-state index in [1.54, 1.807) is 12.3 Å². The molecule has 2 rings (SSSR count). The number of halogens is 2. The Bertz CT molecular complexity index is 612. The molecule has 0 bridgehead atoms. The van der Waals surface area contributed by atoms with Crippen molar-refractivity contribution in [3.8, 4) is 5.69 Å². The van der Waals surface area contributed by atoms with Crippen LogP contribution in [0.2, 0.25) is 10.0 Å². The zero-order chi connectivity index (χ0) is 13.3. The van der Waals surface area contributed by atoms with Gasteiger partial charge in [-0.1, -0.05) is 23.2 Å². The van der Waals surface area contributed by atoms with E-state index in [2.05, 4.69) is 5.10 Å². The van der Waals surface area contributed by atoms with E-state index in [0.29, 0.717) is 5.69 Å². The van der Waals surface area contributed by atoms with Crippen molar-refractivity contribution in [2.24, 2.45) is 5.73 Å². The average molecular weight is 287 g/mol. The maximum Gasteiger partial charge on any atom is 0.297 e. The van der Waals surface area contributed by atoms with Gasteiger partial charge in [-0.2, -0.15) is 5.10 Å². The summed E-state index contributed by atoms with van der Waals surface area (Å²) in [7, 11) is 0. The first kappa shape index (κ1) is 12.8. The number of nitro benzene ring substituents is 1. The van der Waals surface area contributed by atoms with Crippen LogP contribution in [0.25, 0.3) is 5.69 Å². The molecule has 0 saturated carbocycles. The second-order valence-corrected chi connectivity index (χ2v) is 4.31. The number of aromatic nitrogens is 2. The van der Waals surface area contributed by atoms with Crippen molar-refractivity contribution in [2.75, 3.05) is 0 Å². The maximum absolute atomic E-state index is 11.0. The molecular formula is C10H8Cl2N4O2. The Hall–Kier alpha value is -1.63. The van der Waals surface area contributed by atoms with Gasteiger partial charge in [0.25, 0.3) is 5.69 Å². The molecule has 2 aromatic rings. The van der Waals surface area contributed by atoms with Crippen LogP contribution in [0, 0.1) is 10.1 Å². The van der Waals surface area contributed by atoms with Gasteiger partial charge < -0.3 is 5.73 Å². The molecule has 0 aliphatic heterocycles. The van der Waals surface area contributed by atoms with Crippen molar-refractivity contribution in [1.82, 2.24) is 9.78 Å². The Morgan fingerprint density at radius 3 is 2.72 bits per heavy atom. The predicted molar refractivity (Wildman–Crippen MR) is 68.1 cm³/mol. The van der Waals surface area contributed by atoms with E-state index in [1.165, 1.54) is 16.8 Å². The highest BCUT2D eigenvalue weighted by Gasteiger charge is 2.21. The molecule has 1 aromatic heterocycles. The van der Waals surface area contributed by atoms with Gasteiger partial charge >= 0.3 is 0 Å². The van der Waals surface area contributed by atoms with Gasteiger partial charge in [-0.05, 0) is 12.1 Å². The fourth-order valence-electron chi connectivity index (χ4n) is 1.51. The zero-order valence-electron chi connectivity index (χ0n) is 9.01. The molecule has 18 heavy (non-hydrogen) atoms. The molecule has 6 nitrogen and oxygen atoms in total. The van der Waals surface area contributed by atoms with Crippen LogP contribution in [0.4, 0.5) is 5.69 Å². The lowest BCUT2D eigenvalue weighted by Gasteiger charge is -2.06. The Morgan fingerprint density at radius 1 is 1.44 bits per heavy atom. The summed E-state index contributed by atoms with van der Waals surface area (Å²) >= 11 is 11.7. The van der Waals surface area contributed by atoms with Crippen LogP contribution >= 0.6 is 23.2 Å². The fraction of sp³-hybridized carbons (Fsp3) is 0.100. The lowest BCUT2D eigenvalue weighted by Crippen LogP contribution is -2.04. The highest BCUT2D eigenvalue weighted by molar-refractivity contribution is 6.36. The van der Waals surface area contributed by atoms with Gasteiger partial charge in [0.1, 0.15) is 0 Å². The Morgan fingerprint density at radius 2 is 2.17 bits per heavy atom. The number of benzene rings is 1. The van der Waals surface area contributed by atoms with Gasteiger partial charge in [0.2, 0.25) is 0 Å². The summed E-state index contributed by atoms with van der Waals surface area (Å²) in [5.74, 6) is 0. The second kappa shape index (κ2) is 4.93. The number of rotatable bonds is 3. The summed E-state index contributed by atoms with van der Waals surface area (Å²) in [4.78, 5) is 10.4. The van der Waals surface area contributed by atoms with Crippen molar-refractivity contribution < 1.29 is 4.92 Å². The van der Waals surface area contributed by atoms with Crippen LogP contribution in [0.3, 0.4) is 0 Å². The topological polar surface area (TPSA) is 87.0 Å². The first-order valence-corrected chi connectivity index (χ1v) is 5.67. The minimum Gasteiger partial charge on any atom is -0.325 e. The van der Waals surface area contributed by atoms with E-state index >= 15 is 0 Å². The van der Waals surface area contributed by atoms with Gasteiger partial charge in [-0.3, -0.25) is 10.1 Å². The van der Waals surface area contributed by atoms with Crippen LogP contribution in [0.1, 0.15) is 5.69 Å². The smallest absolute Gasteiger partial charge is 0.297 e. The van der Waals surface area contributed by atoms with E-state index in [9.17, 15) is 10.1 Å². The maximum atomic E-state index is 11.0. The summed E-state index contributed by atoms with van der Waals surface area (Å²) in [5.41, 5.74) is 6.01. The van der Waals surface area contributed by atoms with Gasteiger partial charge in [-0.25, -0.2) is 4.68 Å². The minimum absolute atomic E-state index is 0.154. The average Bonchev–Trinajstić information content (AvgIpc) is 2.76. The molecule has 0 aliphatic carbocycles. The van der Waals surface area contributed by atoms with E-state index in [4.69, 9.17) is 28.9 Å². The van der Waals surface area contributed by atoms with Gasteiger partial charge in [-0.15, -0.1) is 0 Å². The summed E-state index contributed by atoms with van der Waals surface area (Å²) in [5, 5.41) is 15.4. The fourth-order valence-corrected chi connectivity index (χ4v) is 2.08. The van der Waals surface area contributed by atoms with Gasteiger partial charge in [0.15, 0.2) is 5.69 Å². The van der Waals surface area contributed by atoms with E-state index in [-0.39, 0.29) is 28.0 Å². The first-order valence-electron chi connectivity index (χ1n) is 4.91. The van der Waals surface area contributed by atoms with Crippen molar-refractivity contribution in [3.63, 3.8) is 0 Å².